The van der Waals surface area contributed by atoms with Crippen LogP contribution in [0.1, 0.15) is 16.7 Å². The van der Waals surface area contributed by atoms with E-state index in [-0.39, 0.29) is 5.91 Å². The van der Waals surface area contributed by atoms with Crippen molar-refractivity contribution in [3.05, 3.63) is 83.6 Å². The lowest BCUT2D eigenvalue weighted by Gasteiger charge is -2.09. The minimum Gasteiger partial charge on any atom is -0.354 e. The number of nitrogens with one attached hydrogen (secondary N) is 2. The van der Waals surface area contributed by atoms with E-state index in [1.54, 1.807) is 12.3 Å². The molecule has 0 atom stereocenters. The van der Waals surface area contributed by atoms with Crippen LogP contribution >= 0.6 is 0 Å². The zero-order valence-electron chi connectivity index (χ0n) is 14.4. The first-order valence-electron chi connectivity index (χ1n) is 8.24. The number of nitrogens with zero attached hydrogens (tertiary/aromatic N) is 1. The molecule has 0 aliphatic rings. The zero-order valence-corrected chi connectivity index (χ0v) is 14.4. The van der Waals surface area contributed by atoms with Crippen LogP contribution in [0.4, 0.5) is 17.2 Å². The van der Waals surface area contributed by atoms with Gasteiger partial charge >= 0.3 is 0 Å². The average molecular weight is 331 g/mol. The van der Waals surface area contributed by atoms with E-state index < -0.39 is 0 Å². The molecular weight excluding hydrogens is 310 g/mol. The molecule has 0 aliphatic carbocycles. The molecule has 1 aromatic heterocycles. The highest BCUT2D eigenvalue weighted by atomic mass is 16.1. The van der Waals surface area contributed by atoms with Gasteiger partial charge in [-0.25, -0.2) is 4.98 Å². The summed E-state index contributed by atoms with van der Waals surface area (Å²) >= 11 is 0. The van der Waals surface area contributed by atoms with E-state index in [2.05, 4.69) is 34.7 Å². The van der Waals surface area contributed by atoms with Crippen molar-refractivity contribution in [1.29, 1.82) is 0 Å². The number of anilines is 3. The number of rotatable bonds is 5. The van der Waals surface area contributed by atoms with Crippen molar-refractivity contribution in [2.24, 2.45) is 0 Å². The Bertz CT molecular complexity index is 872. The lowest BCUT2D eigenvalue weighted by molar-refractivity contribution is -0.115. The third-order valence-electron chi connectivity index (χ3n) is 3.78. The highest BCUT2D eigenvalue weighted by Crippen LogP contribution is 2.18. The van der Waals surface area contributed by atoms with Crippen molar-refractivity contribution in [3.8, 4) is 0 Å². The maximum absolute atomic E-state index is 12.1. The minimum atomic E-state index is -0.0718. The van der Waals surface area contributed by atoms with Gasteiger partial charge in [0.2, 0.25) is 5.91 Å². The molecule has 0 unspecified atom stereocenters. The van der Waals surface area contributed by atoms with Gasteiger partial charge in [-0.3, -0.25) is 4.79 Å². The minimum absolute atomic E-state index is 0.0718. The number of carbonyl (C=O) groups excluding carboxylic acids is 1. The van der Waals surface area contributed by atoms with Gasteiger partial charge in [0.15, 0.2) is 0 Å². The van der Waals surface area contributed by atoms with E-state index >= 15 is 0 Å². The normalized spacial score (nSPS) is 10.3. The lowest BCUT2D eigenvalue weighted by atomic mass is 10.1. The zero-order chi connectivity index (χ0) is 17.6. The van der Waals surface area contributed by atoms with Crippen LogP contribution in [0.2, 0.25) is 0 Å². The maximum Gasteiger partial charge on any atom is 0.229 e. The number of amides is 1. The molecule has 0 radical (unpaired) electrons. The third kappa shape index (κ3) is 4.91. The molecule has 2 aromatic carbocycles. The Morgan fingerprint density at radius 1 is 0.920 bits per heavy atom. The molecule has 1 heterocycles. The summed E-state index contributed by atoms with van der Waals surface area (Å²) in [5.41, 5.74) is 5.23. The van der Waals surface area contributed by atoms with Gasteiger partial charge in [0.1, 0.15) is 5.82 Å². The van der Waals surface area contributed by atoms with Crippen molar-refractivity contribution < 1.29 is 4.79 Å². The standard InChI is InChI=1S/C21H21N3O/c1-15-5-3-7-17(11-15)13-21(25)24-20-10-9-19(14-22-20)23-18-8-4-6-16(2)12-18/h3-12,14,23H,13H2,1-2H3,(H,22,24,25). The molecule has 25 heavy (non-hydrogen) atoms. The quantitative estimate of drug-likeness (QED) is 0.717. The van der Waals surface area contributed by atoms with Crippen LogP contribution in [0.15, 0.2) is 66.9 Å². The molecule has 126 valence electrons. The molecule has 0 saturated carbocycles. The monoisotopic (exact) mass is 331 g/mol. The summed E-state index contributed by atoms with van der Waals surface area (Å²) in [7, 11) is 0. The second-order valence-corrected chi connectivity index (χ2v) is 6.14. The second kappa shape index (κ2) is 7.62. The predicted octanol–water partition coefficient (Wildman–Crippen LogP) is 4.62. The molecule has 3 rings (SSSR count). The van der Waals surface area contributed by atoms with E-state index in [1.807, 2.05) is 49.4 Å². The number of hydrogen-bond donors (Lipinski definition) is 2. The number of aromatic nitrogens is 1. The molecule has 4 nitrogen and oxygen atoms in total. The van der Waals surface area contributed by atoms with Crippen molar-refractivity contribution in [3.63, 3.8) is 0 Å². The fraction of sp³-hybridized carbons (Fsp3) is 0.143. The van der Waals surface area contributed by atoms with Crippen molar-refractivity contribution in [2.75, 3.05) is 10.6 Å². The number of benzene rings is 2. The van der Waals surface area contributed by atoms with Gasteiger partial charge < -0.3 is 10.6 Å². The fourth-order valence-electron chi connectivity index (χ4n) is 2.63. The molecular formula is C21H21N3O. The van der Waals surface area contributed by atoms with Gasteiger partial charge in [-0.1, -0.05) is 42.0 Å². The first-order chi connectivity index (χ1) is 12.1. The summed E-state index contributed by atoms with van der Waals surface area (Å²) in [6, 6.07) is 19.8. The van der Waals surface area contributed by atoms with Gasteiger partial charge in [-0.05, 0) is 49.2 Å². The lowest BCUT2D eigenvalue weighted by Crippen LogP contribution is -2.15. The Balaban J connectivity index is 1.59. The largest absolute Gasteiger partial charge is 0.354 e. The number of pyridine rings is 1. The Morgan fingerprint density at radius 3 is 2.36 bits per heavy atom. The molecule has 0 saturated heterocycles. The van der Waals surface area contributed by atoms with Crippen LogP contribution in [0.25, 0.3) is 0 Å². The average Bonchev–Trinajstić information content (AvgIpc) is 2.57. The van der Waals surface area contributed by atoms with E-state index in [4.69, 9.17) is 0 Å². The Labute approximate surface area is 147 Å². The molecule has 2 N–H and O–H groups in total. The topological polar surface area (TPSA) is 54.0 Å². The van der Waals surface area contributed by atoms with Crippen LogP contribution in [0.3, 0.4) is 0 Å². The summed E-state index contributed by atoms with van der Waals surface area (Å²) in [6.45, 7) is 4.07. The van der Waals surface area contributed by atoms with Gasteiger partial charge in [0.25, 0.3) is 0 Å². The Kier molecular flexibility index (Phi) is 5.09. The van der Waals surface area contributed by atoms with Crippen LogP contribution in [0, 0.1) is 13.8 Å². The molecule has 3 aromatic rings. The third-order valence-corrected chi connectivity index (χ3v) is 3.78. The van der Waals surface area contributed by atoms with Gasteiger partial charge in [0.05, 0.1) is 18.3 Å². The fourth-order valence-corrected chi connectivity index (χ4v) is 2.63. The number of hydrogen-bond acceptors (Lipinski definition) is 3. The van der Waals surface area contributed by atoms with Crippen molar-refractivity contribution in [2.45, 2.75) is 20.3 Å². The summed E-state index contributed by atoms with van der Waals surface area (Å²) < 4.78 is 0. The van der Waals surface area contributed by atoms with Crippen molar-refractivity contribution >= 4 is 23.1 Å². The SMILES string of the molecule is Cc1cccc(CC(=O)Nc2ccc(Nc3cccc(C)c3)cn2)c1. The van der Waals surface area contributed by atoms with Crippen LogP contribution in [0.5, 0.6) is 0 Å². The van der Waals surface area contributed by atoms with Crippen molar-refractivity contribution in [1.82, 2.24) is 4.98 Å². The summed E-state index contributed by atoms with van der Waals surface area (Å²) in [5, 5.41) is 6.13. The van der Waals surface area contributed by atoms with Crippen LogP contribution in [-0.2, 0) is 11.2 Å². The highest BCUT2D eigenvalue weighted by molar-refractivity contribution is 5.91. The molecule has 0 bridgehead atoms. The Morgan fingerprint density at radius 2 is 1.68 bits per heavy atom. The summed E-state index contributed by atoms with van der Waals surface area (Å²) in [6.07, 6.45) is 2.05. The van der Waals surface area contributed by atoms with E-state index in [0.29, 0.717) is 12.2 Å². The molecule has 0 fully saturated rings. The molecule has 1 amide bonds. The smallest absolute Gasteiger partial charge is 0.229 e. The first-order valence-corrected chi connectivity index (χ1v) is 8.24. The Hall–Kier alpha value is -3.14. The van der Waals surface area contributed by atoms with Gasteiger partial charge in [0, 0.05) is 5.69 Å². The number of aryl methyl sites for hydroxylation is 2. The maximum atomic E-state index is 12.1. The summed E-state index contributed by atoms with van der Waals surface area (Å²) in [4.78, 5) is 16.4. The van der Waals surface area contributed by atoms with E-state index in [9.17, 15) is 4.79 Å². The molecule has 0 spiro atoms. The molecule has 0 aliphatic heterocycles. The summed E-state index contributed by atoms with van der Waals surface area (Å²) in [5.74, 6) is 0.477. The van der Waals surface area contributed by atoms with Crippen LogP contribution in [-0.4, -0.2) is 10.9 Å². The van der Waals surface area contributed by atoms with Gasteiger partial charge in [-0.2, -0.15) is 0 Å². The van der Waals surface area contributed by atoms with Crippen LogP contribution < -0.4 is 10.6 Å². The highest BCUT2D eigenvalue weighted by Gasteiger charge is 2.05. The second-order valence-electron chi connectivity index (χ2n) is 6.14. The molecule has 4 heteroatoms. The van der Waals surface area contributed by atoms with E-state index in [1.165, 1.54) is 5.56 Å². The predicted molar refractivity (Wildman–Crippen MR) is 102 cm³/mol. The first kappa shape index (κ1) is 16.7. The van der Waals surface area contributed by atoms with E-state index in [0.717, 1.165) is 22.5 Å². The number of carbonyl (C=O) groups is 1. The van der Waals surface area contributed by atoms with Gasteiger partial charge in [-0.15, -0.1) is 0 Å².